The molecular formula is C10H9F3N4. The third kappa shape index (κ3) is 2.44. The molecule has 1 aromatic carbocycles. The van der Waals surface area contributed by atoms with Crippen LogP contribution in [0.3, 0.4) is 0 Å². The van der Waals surface area contributed by atoms with Crippen molar-refractivity contribution >= 4 is 0 Å². The molecule has 2 aromatic rings. The van der Waals surface area contributed by atoms with Crippen molar-refractivity contribution in [3.05, 3.63) is 42.0 Å². The highest BCUT2D eigenvalue weighted by Crippen LogP contribution is 2.31. The zero-order valence-electron chi connectivity index (χ0n) is 8.65. The van der Waals surface area contributed by atoms with E-state index in [2.05, 4.69) is 10.2 Å². The molecule has 0 aliphatic heterocycles. The van der Waals surface area contributed by atoms with Gasteiger partial charge in [-0.1, -0.05) is 0 Å². The molecule has 2 rings (SSSR count). The van der Waals surface area contributed by atoms with Crippen LogP contribution in [0.5, 0.6) is 0 Å². The maximum Gasteiger partial charge on any atom is 0.416 e. The minimum Gasteiger partial charge on any atom is -0.326 e. The summed E-state index contributed by atoms with van der Waals surface area (Å²) in [7, 11) is 0. The van der Waals surface area contributed by atoms with Gasteiger partial charge in [-0.25, -0.2) is 0 Å². The molecule has 0 atom stereocenters. The van der Waals surface area contributed by atoms with Gasteiger partial charge in [0.05, 0.1) is 5.56 Å². The molecule has 7 heteroatoms. The van der Waals surface area contributed by atoms with Crippen LogP contribution in [0, 0.1) is 0 Å². The smallest absolute Gasteiger partial charge is 0.326 e. The molecule has 0 bridgehead atoms. The van der Waals surface area contributed by atoms with Crippen LogP contribution >= 0.6 is 0 Å². The van der Waals surface area contributed by atoms with E-state index in [4.69, 9.17) is 5.73 Å². The number of hydrogen-bond acceptors (Lipinski definition) is 3. The van der Waals surface area contributed by atoms with Crippen molar-refractivity contribution in [1.29, 1.82) is 0 Å². The van der Waals surface area contributed by atoms with E-state index >= 15 is 0 Å². The Hall–Kier alpha value is -1.89. The monoisotopic (exact) mass is 242 g/mol. The maximum atomic E-state index is 12.6. The van der Waals surface area contributed by atoms with Gasteiger partial charge in [0.25, 0.3) is 0 Å². The van der Waals surface area contributed by atoms with E-state index < -0.39 is 11.7 Å². The molecule has 0 fully saturated rings. The molecule has 0 aliphatic rings. The summed E-state index contributed by atoms with van der Waals surface area (Å²) < 4.78 is 39.3. The quantitative estimate of drug-likeness (QED) is 0.872. The SMILES string of the molecule is NCc1cc(-n2cnnc2)cc(C(F)(F)F)c1. The van der Waals surface area contributed by atoms with Crippen LogP contribution in [-0.2, 0) is 12.7 Å². The van der Waals surface area contributed by atoms with Gasteiger partial charge in [-0.2, -0.15) is 13.2 Å². The van der Waals surface area contributed by atoms with Gasteiger partial charge in [-0.15, -0.1) is 10.2 Å². The average molecular weight is 242 g/mol. The number of alkyl halides is 3. The Labute approximate surface area is 94.9 Å². The second kappa shape index (κ2) is 4.17. The summed E-state index contributed by atoms with van der Waals surface area (Å²) in [5.74, 6) is 0. The van der Waals surface area contributed by atoms with Crippen molar-refractivity contribution in [2.45, 2.75) is 12.7 Å². The van der Waals surface area contributed by atoms with Crippen molar-refractivity contribution in [3.8, 4) is 5.69 Å². The zero-order chi connectivity index (χ0) is 12.5. The van der Waals surface area contributed by atoms with Gasteiger partial charge < -0.3 is 5.73 Å². The van der Waals surface area contributed by atoms with Crippen molar-refractivity contribution < 1.29 is 13.2 Å². The van der Waals surface area contributed by atoms with Gasteiger partial charge in [0, 0.05) is 12.2 Å². The molecule has 4 nitrogen and oxygen atoms in total. The molecule has 0 amide bonds. The summed E-state index contributed by atoms with van der Waals surface area (Å²) in [6.07, 6.45) is -1.74. The Balaban J connectivity index is 2.54. The van der Waals surface area contributed by atoms with Gasteiger partial charge >= 0.3 is 6.18 Å². The topological polar surface area (TPSA) is 56.7 Å². The molecule has 1 heterocycles. The fraction of sp³-hybridized carbons (Fsp3) is 0.200. The Morgan fingerprint density at radius 1 is 1.12 bits per heavy atom. The maximum absolute atomic E-state index is 12.6. The standard InChI is InChI=1S/C10H9F3N4/c11-10(12,13)8-1-7(4-14)2-9(3-8)17-5-15-16-6-17/h1-3,5-6H,4,14H2. The number of benzene rings is 1. The number of nitrogens with zero attached hydrogens (tertiary/aromatic N) is 3. The van der Waals surface area contributed by atoms with Crippen molar-refractivity contribution in [2.75, 3.05) is 0 Å². The first kappa shape index (κ1) is 11.6. The van der Waals surface area contributed by atoms with Crippen molar-refractivity contribution in [3.63, 3.8) is 0 Å². The summed E-state index contributed by atoms with van der Waals surface area (Å²) >= 11 is 0. The Morgan fingerprint density at radius 2 is 1.76 bits per heavy atom. The number of hydrogen-bond donors (Lipinski definition) is 1. The molecule has 1 aromatic heterocycles. The van der Waals surface area contributed by atoms with Crippen LogP contribution in [0.4, 0.5) is 13.2 Å². The molecule has 0 aliphatic carbocycles. The molecule has 90 valence electrons. The van der Waals surface area contributed by atoms with Crippen LogP contribution in [-0.4, -0.2) is 14.8 Å². The van der Waals surface area contributed by atoms with Gasteiger partial charge in [-0.05, 0) is 23.8 Å². The first-order valence-corrected chi connectivity index (χ1v) is 4.77. The highest BCUT2D eigenvalue weighted by Gasteiger charge is 2.31. The molecule has 0 unspecified atom stereocenters. The van der Waals surface area contributed by atoms with Gasteiger partial charge in [0.15, 0.2) is 0 Å². The van der Waals surface area contributed by atoms with Crippen molar-refractivity contribution in [2.24, 2.45) is 5.73 Å². The Morgan fingerprint density at radius 3 is 2.29 bits per heavy atom. The predicted molar refractivity (Wildman–Crippen MR) is 54.3 cm³/mol. The lowest BCUT2D eigenvalue weighted by Gasteiger charge is -2.11. The lowest BCUT2D eigenvalue weighted by molar-refractivity contribution is -0.137. The van der Waals surface area contributed by atoms with E-state index in [1.165, 1.54) is 17.2 Å². The van der Waals surface area contributed by atoms with E-state index in [0.717, 1.165) is 12.1 Å². The average Bonchev–Trinajstić information content (AvgIpc) is 2.80. The Kier molecular flexibility index (Phi) is 2.84. The second-order valence-corrected chi connectivity index (χ2v) is 3.46. The minimum absolute atomic E-state index is 0.0407. The third-order valence-electron chi connectivity index (χ3n) is 2.26. The largest absolute Gasteiger partial charge is 0.416 e. The Bertz CT molecular complexity index is 505. The first-order valence-electron chi connectivity index (χ1n) is 4.77. The number of halogens is 3. The van der Waals surface area contributed by atoms with Gasteiger partial charge in [-0.3, -0.25) is 4.57 Å². The fourth-order valence-corrected chi connectivity index (χ4v) is 1.44. The highest BCUT2D eigenvalue weighted by atomic mass is 19.4. The lowest BCUT2D eigenvalue weighted by atomic mass is 10.1. The van der Waals surface area contributed by atoms with E-state index in [0.29, 0.717) is 11.3 Å². The number of aromatic nitrogens is 3. The van der Waals surface area contributed by atoms with Crippen LogP contribution in [0.2, 0.25) is 0 Å². The summed E-state index contributed by atoms with van der Waals surface area (Å²) in [4.78, 5) is 0. The molecule has 0 saturated carbocycles. The number of nitrogens with two attached hydrogens (primary N) is 1. The molecule has 0 saturated heterocycles. The predicted octanol–water partition coefficient (Wildman–Crippen LogP) is 1.74. The van der Waals surface area contributed by atoms with Crippen LogP contribution in [0.1, 0.15) is 11.1 Å². The fourth-order valence-electron chi connectivity index (χ4n) is 1.44. The summed E-state index contributed by atoms with van der Waals surface area (Å²) in [6.45, 7) is 0.0407. The minimum atomic E-state index is -4.39. The van der Waals surface area contributed by atoms with E-state index in [1.807, 2.05) is 0 Å². The van der Waals surface area contributed by atoms with E-state index in [9.17, 15) is 13.2 Å². The molecule has 2 N–H and O–H groups in total. The lowest BCUT2D eigenvalue weighted by Crippen LogP contribution is -2.08. The van der Waals surface area contributed by atoms with Gasteiger partial charge in [0.2, 0.25) is 0 Å². The molecule has 0 spiro atoms. The second-order valence-electron chi connectivity index (χ2n) is 3.46. The van der Waals surface area contributed by atoms with Crippen molar-refractivity contribution in [1.82, 2.24) is 14.8 Å². The molecule has 17 heavy (non-hydrogen) atoms. The zero-order valence-corrected chi connectivity index (χ0v) is 8.65. The first-order chi connectivity index (χ1) is 8.00. The van der Waals surface area contributed by atoms with E-state index in [-0.39, 0.29) is 6.54 Å². The summed E-state index contributed by atoms with van der Waals surface area (Å²) in [5, 5.41) is 7.09. The summed E-state index contributed by atoms with van der Waals surface area (Å²) in [5.41, 5.74) is 5.39. The summed E-state index contributed by atoms with van der Waals surface area (Å²) in [6, 6.07) is 3.63. The van der Waals surface area contributed by atoms with E-state index in [1.54, 1.807) is 6.07 Å². The van der Waals surface area contributed by atoms with Gasteiger partial charge in [0.1, 0.15) is 12.7 Å². The molecular weight excluding hydrogens is 233 g/mol. The van der Waals surface area contributed by atoms with Crippen LogP contribution in [0.25, 0.3) is 5.69 Å². The highest BCUT2D eigenvalue weighted by molar-refractivity contribution is 5.41. The molecule has 0 radical (unpaired) electrons. The number of rotatable bonds is 2. The normalized spacial score (nSPS) is 11.8. The van der Waals surface area contributed by atoms with Crippen LogP contribution in [0.15, 0.2) is 30.9 Å². The van der Waals surface area contributed by atoms with Crippen LogP contribution < -0.4 is 5.73 Å². The third-order valence-corrected chi connectivity index (χ3v) is 2.26.